The quantitative estimate of drug-likeness (QED) is 0.266. The maximum Gasteiger partial charge on any atom is 1.00 e. The topological polar surface area (TPSA) is 14.1 Å². The molecule has 0 saturated carbocycles. The smallest absolute Gasteiger partial charge is 0.670 e. The van der Waals surface area contributed by atoms with E-state index in [0.717, 1.165) is 13.0 Å². The van der Waals surface area contributed by atoms with E-state index >= 15 is 0 Å². The van der Waals surface area contributed by atoms with Crippen molar-refractivity contribution in [3.63, 3.8) is 0 Å². The summed E-state index contributed by atoms with van der Waals surface area (Å²) in [7, 11) is 0. The molecule has 0 aliphatic carbocycles. The Morgan fingerprint density at radius 3 is 2.50 bits per heavy atom. The Balaban J connectivity index is 0. The number of unbranched alkanes of at least 4 members (excludes halogenated alkanes) is 2. The zero-order valence-corrected chi connectivity index (χ0v) is 8.34. The number of thiocarbonyl (C=S) groups is 1. The molecule has 4 heteroatoms. The fourth-order valence-corrected chi connectivity index (χ4v) is 0.728. The van der Waals surface area contributed by atoms with Gasteiger partial charge in [0.1, 0.15) is 0 Å². The number of thiol groups is 1. The molecule has 0 unspecified atom stereocenters. The van der Waals surface area contributed by atoms with Crippen molar-refractivity contribution < 1.29 is 18.9 Å². The van der Waals surface area contributed by atoms with Gasteiger partial charge >= 0.3 is 18.9 Å². The predicted molar refractivity (Wildman–Crippen MR) is 49.3 cm³/mol. The van der Waals surface area contributed by atoms with Gasteiger partial charge in [0.2, 0.25) is 0 Å². The fraction of sp³-hybridized carbons (Fsp3) is 0.833. The van der Waals surface area contributed by atoms with Gasteiger partial charge in [-0.2, -0.15) is 12.6 Å². The molecule has 0 aromatic rings. The summed E-state index contributed by atoms with van der Waals surface area (Å²) in [5.74, 6) is 0. The van der Waals surface area contributed by atoms with E-state index in [4.69, 9.17) is 0 Å². The Hall–Kier alpha value is 0.837. The predicted octanol–water partition coefficient (Wildman–Crippen LogP) is -0.231. The van der Waals surface area contributed by atoms with Crippen molar-refractivity contribution in [2.75, 3.05) is 6.54 Å². The van der Waals surface area contributed by atoms with Crippen LogP contribution < -0.4 is 18.9 Å². The maximum absolute atomic E-state index is 4.64. The molecule has 0 N–H and O–H groups in total. The van der Waals surface area contributed by atoms with Gasteiger partial charge in [0.05, 0.1) is 0 Å². The van der Waals surface area contributed by atoms with Gasteiger partial charge < -0.3 is 5.32 Å². The molecule has 0 saturated heterocycles. The number of nitrogens with zero attached hydrogens (tertiary/aromatic N) is 1. The molecule has 10 heavy (non-hydrogen) atoms. The van der Waals surface area contributed by atoms with Crippen molar-refractivity contribution in [1.29, 1.82) is 0 Å². The minimum Gasteiger partial charge on any atom is -0.670 e. The SMILES string of the molecule is CCCCC[N-]C(=S)S.[Li+]. The average Bonchev–Trinajstić information content (AvgIpc) is 1.80. The van der Waals surface area contributed by atoms with Crippen LogP contribution in [-0.2, 0) is 0 Å². The minimum atomic E-state index is 0. The van der Waals surface area contributed by atoms with E-state index in [1.165, 1.54) is 12.8 Å². The van der Waals surface area contributed by atoms with E-state index in [1.54, 1.807) is 0 Å². The summed E-state index contributed by atoms with van der Waals surface area (Å²) < 4.78 is 0.478. The van der Waals surface area contributed by atoms with Crippen LogP contribution in [0.3, 0.4) is 0 Å². The summed E-state index contributed by atoms with van der Waals surface area (Å²) >= 11 is 8.51. The molecule has 0 rings (SSSR count). The van der Waals surface area contributed by atoms with Crippen LogP contribution in [0.4, 0.5) is 0 Å². The first-order valence-electron chi connectivity index (χ1n) is 3.17. The van der Waals surface area contributed by atoms with Gasteiger partial charge in [-0.25, -0.2) is 0 Å². The molecule has 0 aromatic carbocycles. The fourth-order valence-electron chi connectivity index (χ4n) is 0.537. The largest absolute Gasteiger partial charge is 1.00 e. The Bertz CT molecular complexity index is 87.8. The molecular formula is C6H12LiNS2. The Morgan fingerprint density at radius 1 is 1.50 bits per heavy atom. The number of rotatable bonds is 4. The van der Waals surface area contributed by atoms with Crippen molar-refractivity contribution in [2.45, 2.75) is 26.2 Å². The zero-order chi connectivity index (χ0) is 7.11. The van der Waals surface area contributed by atoms with Crippen LogP contribution in [0.5, 0.6) is 0 Å². The number of hydrogen-bond donors (Lipinski definition) is 1. The van der Waals surface area contributed by atoms with Crippen LogP contribution >= 0.6 is 24.8 Å². The van der Waals surface area contributed by atoms with Crippen molar-refractivity contribution in [3.8, 4) is 0 Å². The molecule has 0 bridgehead atoms. The van der Waals surface area contributed by atoms with Gasteiger partial charge in [-0.05, 0) is 4.32 Å². The molecule has 0 fully saturated rings. The summed E-state index contributed by atoms with van der Waals surface area (Å²) in [5.41, 5.74) is 0. The van der Waals surface area contributed by atoms with Crippen LogP contribution in [0.15, 0.2) is 0 Å². The average molecular weight is 169 g/mol. The van der Waals surface area contributed by atoms with Gasteiger partial charge in [-0.15, -0.1) is 6.54 Å². The molecule has 0 radical (unpaired) electrons. The van der Waals surface area contributed by atoms with E-state index in [0.29, 0.717) is 4.32 Å². The first-order chi connectivity index (χ1) is 4.27. The first kappa shape index (κ1) is 13.4. The molecule has 0 aromatic heterocycles. The van der Waals surface area contributed by atoms with Crippen molar-refractivity contribution in [1.82, 2.24) is 0 Å². The monoisotopic (exact) mass is 169 g/mol. The summed E-state index contributed by atoms with van der Waals surface area (Å²) in [6, 6.07) is 0. The molecule has 1 nitrogen and oxygen atoms in total. The summed E-state index contributed by atoms with van der Waals surface area (Å²) in [6.07, 6.45) is 3.60. The molecule has 0 atom stereocenters. The van der Waals surface area contributed by atoms with Crippen LogP contribution in [-0.4, -0.2) is 10.9 Å². The normalized spacial score (nSPS) is 8.20. The zero-order valence-electron chi connectivity index (χ0n) is 6.63. The van der Waals surface area contributed by atoms with Gasteiger partial charge in [-0.3, -0.25) is 0 Å². The third-order valence-electron chi connectivity index (χ3n) is 1.01. The molecule has 0 heterocycles. The summed E-state index contributed by atoms with van der Waals surface area (Å²) in [5, 5.41) is 3.96. The third kappa shape index (κ3) is 11.6. The molecule has 54 valence electrons. The van der Waals surface area contributed by atoms with E-state index in [2.05, 4.69) is 37.1 Å². The molecule has 0 spiro atoms. The first-order valence-corrected chi connectivity index (χ1v) is 4.03. The van der Waals surface area contributed by atoms with Crippen LogP contribution in [0.1, 0.15) is 26.2 Å². The van der Waals surface area contributed by atoms with Gasteiger partial charge in [0, 0.05) is 0 Å². The molecule has 0 aliphatic heterocycles. The molecule has 0 amide bonds. The second-order valence-corrected chi connectivity index (χ2v) is 2.98. The number of hydrogen-bond acceptors (Lipinski definition) is 1. The minimum absolute atomic E-state index is 0. The van der Waals surface area contributed by atoms with E-state index < -0.39 is 0 Å². The van der Waals surface area contributed by atoms with Crippen LogP contribution in [0.2, 0.25) is 0 Å². The van der Waals surface area contributed by atoms with Gasteiger partial charge in [0.25, 0.3) is 0 Å². The summed E-state index contributed by atoms with van der Waals surface area (Å²) in [4.78, 5) is 0. The van der Waals surface area contributed by atoms with Gasteiger partial charge in [0.15, 0.2) is 0 Å². The third-order valence-corrected chi connectivity index (χ3v) is 1.28. The maximum atomic E-state index is 4.64. The van der Waals surface area contributed by atoms with E-state index in [9.17, 15) is 0 Å². The van der Waals surface area contributed by atoms with Gasteiger partial charge in [-0.1, -0.05) is 38.4 Å². The standard InChI is InChI=1S/C6H13NS2.Li/c1-2-3-4-5-7-6(8)9;/h2-5H2,1H3,(H2,7,8,9);/q;+1/p-1. The van der Waals surface area contributed by atoms with Crippen molar-refractivity contribution in [3.05, 3.63) is 5.32 Å². The van der Waals surface area contributed by atoms with Crippen LogP contribution in [0, 0.1) is 0 Å². The second kappa shape index (κ2) is 9.84. The second-order valence-electron chi connectivity index (χ2n) is 1.87. The molecular weight excluding hydrogens is 157 g/mol. The van der Waals surface area contributed by atoms with Crippen molar-refractivity contribution in [2.24, 2.45) is 0 Å². The van der Waals surface area contributed by atoms with E-state index in [-0.39, 0.29) is 18.9 Å². The Morgan fingerprint density at radius 2 is 2.10 bits per heavy atom. The van der Waals surface area contributed by atoms with E-state index in [1.807, 2.05) is 0 Å². The van der Waals surface area contributed by atoms with Crippen molar-refractivity contribution >= 4 is 29.2 Å². The van der Waals surface area contributed by atoms with Crippen LogP contribution in [0.25, 0.3) is 5.32 Å². The Kier molecular flexibility index (Phi) is 13.2. The summed E-state index contributed by atoms with van der Waals surface area (Å²) in [6.45, 7) is 3.01. The molecule has 0 aliphatic rings. The Labute approximate surface area is 85.9 Å².